The van der Waals surface area contributed by atoms with Crippen LogP contribution in [-0.2, 0) is 9.59 Å². The summed E-state index contributed by atoms with van der Waals surface area (Å²) in [4.78, 5) is 28.8. The number of hydrogen-bond acceptors (Lipinski definition) is 3. The van der Waals surface area contributed by atoms with Crippen molar-refractivity contribution in [1.82, 2.24) is 4.98 Å². The third-order valence-corrected chi connectivity index (χ3v) is 5.31. The molecule has 0 fully saturated rings. The van der Waals surface area contributed by atoms with Gasteiger partial charge in [0.25, 0.3) is 0 Å². The number of aryl methyl sites for hydroxylation is 1. The first-order valence-corrected chi connectivity index (χ1v) is 9.52. The Morgan fingerprint density at radius 2 is 2.04 bits per heavy atom. The van der Waals surface area contributed by atoms with Crippen molar-refractivity contribution in [2.24, 2.45) is 5.92 Å². The molecule has 0 bridgehead atoms. The number of rotatable bonds is 3. The highest BCUT2D eigenvalue weighted by Gasteiger charge is 2.28. The third-order valence-electron chi connectivity index (χ3n) is 5.31. The maximum Gasteiger partial charge on any atom is 0.226 e. The van der Waals surface area contributed by atoms with E-state index in [1.807, 2.05) is 51.2 Å². The quantitative estimate of drug-likeness (QED) is 0.704. The van der Waals surface area contributed by atoms with E-state index in [2.05, 4.69) is 27.8 Å². The van der Waals surface area contributed by atoms with E-state index in [-0.39, 0.29) is 23.7 Å². The molecule has 142 valence electrons. The first-order valence-electron chi connectivity index (χ1n) is 9.52. The minimum Gasteiger partial charge on any atom is -0.326 e. The van der Waals surface area contributed by atoms with E-state index in [0.29, 0.717) is 6.42 Å². The zero-order valence-corrected chi connectivity index (χ0v) is 16.2. The number of nitrogens with one attached hydrogen (secondary N) is 2. The molecule has 1 aliphatic heterocycles. The lowest BCUT2D eigenvalue weighted by atomic mass is 9.82. The highest BCUT2D eigenvalue weighted by molar-refractivity contribution is 5.99. The topological polar surface area (TPSA) is 71.1 Å². The Morgan fingerprint density at radius 3 is 2.82 bits per heavy atom. The van der Waals surface area contributed by atoms with E-state index >= 15 is 0 Å². The lowest BCUT2D eigenvalue weighted by molar-refractivity contribution is -0.119. The van der Waals surface area contributed by atoms with E-state index in [1.165, 1.54) is 0 Å². The maximum atomic E-state index is 12.5. The Hall–Kier alpha value is -3.21. The van der Waals surface area contributed by atoms with Crippen molar-refractivity contribution in [3.8, 4) is 0 Å². The third kappa shape index (κ3) is 3.24. The first kappa shape index (κ1) is 18.2. The lowest BCUT2D eigenvalue weighted by Gasteiger charge is -2.28. The average Bonchev–Trinajstić information content (AvgIpc) is 2.68. The molecule has 0 spiro atoms. The number of nitrogens with zero attached hydrogens (tertiary/aromatic N) is 1. The normalized spacial score (nSPS) is 16.0. The number of benzene rings is 2. The number of pyridine rings is 1. The SMILES string of the molecule is Cc1cc2c(cc1NC(=O)C(C)C)NC(=O)C[C@@H]2c1cccc2cnccc12. The molecule has 28 heavy (non-hydrogen) atoms. The second kappa shape index (κ2) is 7.08. The predicted molar refractivity (Wildman–Crippen MR) is 111 cm³/mol. The number of fused-ring (bicyclic) bond motifs is 2. The van der Waals surface area contributed by atoms with Crippen molar-refractivity contribution in [1.29, 1.82) is 0 Å². The van der Waals surface area contributed by atoms with Gasteiger partial charge >= 0.3 is 0 Å². The molecule has 4 rings (SSSR count). The van der Waals surface area contributed by atoms with Crippen LogP contribution in [0.2, 0.25) is 0 Å². The average molecular weight is 373 g/mol. The Kier molecular flexibility index (Phi) is 4.59. The molecule has 1 atom stereocenters. The molecule has 0 aliphatic carbocycles. The van der Waals surface area contributed by atoms with Gasteiger partial charge in [0.05, 0.1) is 0 Å². The Morgan fingerprint density at radius 1 is 1.21 bits per heavy atom. The summed E-state index contributed by atoms with van der Waals surface area (Å²) in [6, 6.07) is 12.1. The van der Waals surface area contributed by atoms with Crippen molar-refractivity contribution in [2.45, 2.75) is 33.1 Å². The maximum absolute atomic E-state index is 12.5. The van der Waals surface area contributed by atoms with Gasteiger partial charge in [0.2, 0.25) is 11.8 Å². The van der Waals surface area contributed by atoms with Gasteiger partial charge in [-0.2, -0.15) is 0 Å². The summed E-state index contributed by atoms with van der Waals surface area (Å²) < 4.78 is 0. The van der Waals surface area contributed by atoms with Gasteiger partial charge in [-0.1, -0.05) is 38.1 Å². The molecule has 5 heteroatoms. The summed E-state index contributed by atoms with van der Waals surface area (Å²) in [7, 11) is 0. The van der Waals surface area contributed by atoms with Crippen molar-refractivity contribution in [3.63, 3.8) is 0 Å². The molecule has 0 saturated carbocycles. The lowest BCUT2D eigenvalue weighted by Crippen LogP contribution is -2.25. The Bertz CT molecular complexity index is 1080. The Labute approximate surface area is 164 Å². The molecule has 2 heterocycles. The largest absolute Gasteiger partial charge is 0.326 e. The molecule has 0 saturated heterocycles. The molecule has 5 nitrogen and oxygen atoms in total. The number of amides is 2. The van der Waals surface area contributed by atoms with Gasteiger partial charge in [-0.05, 0) is 41.1 Å². The Balaban J connectivity index is 1.82. The number of hydrogen-bond donors (Lipinski definition) is 2. The summed E-state index contributed by atoms with van der Waals surface area (Å²) >= 11 is 0. The van der Waals surface area contributed by atoms with Gasteiger partial charge in [0, 0.05) is 47.4 Å². The molecule has 2 amide bonds. The van der Waals surface area contributed by atoms with Crippen LogP contribution < -0.4 is 10.6 Å². The van der Waals surface area contributed by atoms with Gasteiger partial charge in [-0.15, -0.1) is 0 Å². The smallest absolute Gasteiger partial charge is 0.226 e. The number of carbonyl (C=O) groups is 2. The monoisotopic (exact) mass is 373 g/mol. The summed E-state index contributed by atoms with van der Waals surface area (Å²) in [5, 5.41) is 8.11. The molecule has 0 radical (unpaired) electrons. The molecule has 1 aliphatic rings. The van der Waals surface area contributed by atoms with E-state index in [0.717, 1.165) is 38.8 Å². The van der Waals surface area contributed by atoms with Crippen LogP contribution in [0.25, 0.3) is 10.8 Å². The number of aromatic nitrogens is 1. The van der Waals surface area contributed by atoms with E-state index in [9.17, 15) is 9.59 Å². The van der Waals surface area contributed by atoms with Gasteiger partial charge in [0.15, 0.2) is 0 Å². The van der Waals surface area contributed by atoms with Crippen molar-refractivity contribution in [2.75, 3.05) is 10.6 Å². The van der Waals surface area contributed by atoms with Crippen LogP contribution in [0.4, 0.5) is 11.4 Å². The fraction of sp³-hybridized carbons (Fsp3) is 0.261. The van der Waals surface area contributed by atoms with Crippen LogP contribution in [0.1, 0.15) is 42.9 Å². The first-order chi connectivity index (χ1) is 13.4. The number of anilines is 2. The summed E-state index contributed by atoms with van der Waals surface area (Å²) in [5.41, 5.74) is 4.67. The van der Waals surface area contributed by atoms with Crippen LogP contribution in [0.15, 0.2) is 48.8 Å². The van der Waals surface area contributed by atoms with E-state index < -0.39 is 0 Å². The van der Waals surface area contributed by atoms with Crippen molar-refractivity contribution >= 4 is 34.0 Å². The van der Waals surface area contributed by atoms with Gasteiger partial charge in [0.1, 0.15) is 0 Å². The second-order valence-electron chi connectivity index (χ2n) is 7.65. The van der Waals surface area contributed by atoms with Crippen LogP contribution in [0.3, 0.4) is 0 Å². The summed E-state index contributed by atoms with van der Waals surface area (Å²) in [6.07, 6.45) is 4.02. The molecular weight excluding hydrogens is 350 g/mol. The van der Waals surface area contributed by atoms with Crippen molar-refractivity contribution in [3.05, 3.63) is 65.5 Å². The number of carbonyl (C=O) groups excluding carboxylic acids is 2. The highest BCUT2D eigenvalue weighted by atomic mass is 16.2. The molecule has 1 aromatic heterocycles. The van der Waals surface area contributed by atoms with Gasteiger partial charge in [-0.3, -0.25) is 14.6 Å². The predicted octanol–water partition coefficient (Wildman–Crippen LogP) is 4.61. The second-order valence-corrected chi connectivity index (χ2v) is 7.65. The summed E-state index contributed by atoms with van der Waals surface area (Å²) in [5.74, 6) is -0.206. The summed E-state index contributed by atoms with van der Waals surface area (Å²) in [6.45, 7) is 5.70. The molecule has 3 aromatic rings. The standard InChI is InChI=1S/C23H23N3O2/c1-13(2)23(28)26-20-11-21-19(9-14(20)3)18(10-22(27)25-21)17-6-4-5-15-12-24-8-7-16(15)17/h4-9,11-13,18H,10H2,1-3H3,(H,25,27)(H,26,28)/t18-/m1/s1. The zero-order chi connectivity index (χ0) is 19.8. The van der Waals surface area contributed by atoms with Crippen LogP contribution in [0.5, 0.6) is 0 Å². The van der Waals surface area contributed by atoms with Gasteiger partial charge in [-0.25, -0.2) is 0 Å². The van der Waals surface area contributed by atoms with E-state index in [4.69, 9.17) is 0 Å². The fourth-order valence-electron chi connectivity index (χ4n) is 3.76. The van der Waals surface area contributed by atoms with Gasteiger partial charge < -0.3 is 10.6 Å². The van der Waals surface area contributed by atoms with E-state index in [1.54, 1.807) is 6.20 Å². The minimum absolute atomic E-state index is 0.0199. The molecular formula is C23H23N3O2. The van der Waals surface area contributed by atoms with Crippen molar-refractivity contribution < 1.29 is 9.59 Å². The minimum atomic E-state index is -0.109. The highest BCUT2D eigenvalue weighted by Crippen LogP contribution is 2.41. The fourth-order valence-corrected chi connectivity index (χ4v) is 3.76. The molecule has 2 aromatic carbocycles. The molecule has 2 N–H and O–H groups in total. The molecule has 0 unspecified atom stereocenters. The van der Waals surface area contributed by atoms with Crippen LogP contribution in [0, 0.1) is 12.8 Å². The van der Waals surface area contributed by atoms with Crippen LogP contribution in [-0.4, -0.2) is 16.8 Å². The zero-order valence-electron chi connectivity index (χ0n) is 16.2. The van der Waals surface area contributed by atoms with Crippen LogP contribution >= 0.6 is 0 Å².